The lowest BCUT2D eigenvalue weighted by molar-refractivity contribution is -0.135. The summed E-state index contributed by atoms with van der Waals surface area (Å²) in [6.07, 6.45) is 8.73. The van der Waals surface area contributed by atoms with E-state index in [0.29, 0.717) is 34.8 Å². The van der Waals surface area contributed by atoms with E-state index < -0.39 is 30.0 Å². The number of hydrogen-bond donors (Lipinski definition) is 2. The van der Waals surface area contributed by atoms with Crippen molar-refractivity contribution in [2.45, 2.75) is 94.5 Å². The molecule has 8 heterocycles. The number of nitrogens with zero attached hydrogens (tertiary/aromatic N) is 9. The van der Waals surface area contributed by atoms with Crippen LogP contribution >= 0.6 is 0 Å². The molecule has 5 aromatic rings. The topological polar surface area (TPSA) is 175 Å². The number of para-hydroxylation sites is 1. The number of likely N-dealkylation sites (tertiary alicyclic amines) is 1. The van der Waals surface area contributed by atoms with Crippen LogP contribution in [0.15, 0.2) is 47.7 Å². The number of aromatic nitrogens is 7. The minimum absolute atomic E-state index is 0.0104. The maximum Gasteiger partial charge on any atom is 0.329 e. The summed E-state index contributed by atoms with van der Waals surface area (Å²) in [5.41, 5.74) is 1.62. The number of fused-ring (bicyclic) bond motifs is 4. The molecular weight excluding hydrogens is 817 g/mol. The Bertz CT molecular complexity index is 2700. The van der Waals surface area contributed by atoms with Gasteiger partial charge in [-0.3, -0.25) is 33.5 Å². The molecule has 3 amide bonds. The lowest BCUT2D eigenvalue weighted by atomic mass is 9.85. The van der Waals surface area contributed by atoms with Gasteiger partial charge in [0.15, 0.2) is 11.3 Å². The molecule has 1 aromatic carbocycles. The van der Waals surface area contributed by atoms with Crippen molar-refractivity contribution in [2.24, 2.45) is 13.0 Å². The zero-order valence-corrected chi connectivity index (χ0v) is 34.9. The molecule has 10 rings (SSSR count). The molecule has 4 aromatic heterocycles. The normalized spacial score (nSPS) is 24.4. The van der Waals surface area contributed by atoms with Crippen molar-refractivity contribution in [3.05, 3.63) is 70.2 Å². The molecule has 4 aliphatic heterocycles. The Morgan fingerprint density at radius 2 is 1.89 bits per heavy atom. The van der Waals surface area contributed by atoms with Crippen LogP contribution in [0.5, 0.6) is 0 Å². The molecule has 1 saturated carbocycles. The van der Waals surface area contributed by atoms with Gasteiger partial charge in [-0.05, 0) is 75.5 Å². The highest BCUT2D eigenvalue weighted by molar-refractivity contribution is 6.08. The van der Waals surface area contributed by atoms with Gasteiger partial charge in [-0.25, -0.2) is 23.1 Å². The van der Waals surface area contributed by atoms with Crippen molar-refractivity contribution in [1.29, 1.82) is 0 Å². The number of benzene rings is 1. The number of carbonyl (C=O) groups is 3. The van der Waals surface area contributed by atoms with Gasteiger partial charge in [0.1, 0.15) is 24.0 Å². The Hall–Kier alpha value is -5.97. The van der Waals surface area contributed by atoms with Crippen LogP contribution in [0.4, 0.5) is 20.3 Å². The van der Waals surface area contributed by atoms with Crippen molar-refractivity contribution in [3.8, 4) is 11.8 Å². The number of ether oxygens (including phenoxy) is 2. The number of nitrogens with one attached hydrogen (secondary N) is 2. The first-order chi connectivity index (χ1) is 30.6. The van der Waals surface area contributed by atoms with Crippen LogP contribution in [0.3, 0.4) is 0 Å². The van der Waals surface area contributed by atoms with Gasteiger partial charge < -0.3 is 24.6 Å². The molecule has 0 spiro atoms. The molecule has 0 radical (unpaired) electrons. The Kier molecular flexibility index (Phi) is 11.1. The number of anilines is 2. The molecule has 2 N–H and O–H groups in total. The highest BCUT2D eigenvalue weighted by Crippen LogP contribution is 2.36. The molecule has 4 saturated heterocycles. The van der Waals surface area contributed by atoms with E-state index in [2.05, 4.69) is 42.5 Å². The summed E-state index contributed by atoms with van der Waals surface area (Å²) < 4.78 is 46.5. The van der Waals surface area contributed by atoms with Crippen LogP contribution in [0.2, 0.25) is 0 Å². The second-order valence-electron chi connectivity index (χ2n) is 17.4. The maximum atomic E-state index is 14.3. The number of aryl methyl sites for hydroxylation is 1. The third kappa shape index (κ3) is 8.00. The molecule has 1 unspecified atom stereocenters. The quantitative estimate of drug-likeness (QED) is 0.154. The van der Waals surface area contributed by atoms with Crippen molar-refractivity contribution in [1.82, 2.24) is 43.7 Å². The Balaban J connectivity index is 0.700. The van der Waals surface area contributed by atoms with Gasteiger partial charge in [-0.15, -0.1) is 0 Å². The van der Waals surface area contributed by atoms with Crippen LogP contribution in [-0.2, 0) is 26.1 Å². The van der Waals surface area contributed by atoms with Gasteiger partial charge in [0.2, 0.25) is 11.8 Å². The summed E-state index contributed by atoms with van der Waals surface area (Å²) in [7, 11) is 1.66. The Labute approximate surface area is 360 Å². The predicted octanol–water partition coefficient (Wildman–Crippen LogP) is 3.99. The fourth-order valence-corrected chi connectivity index (χ4v) is 10.2. The second-order valence-corrected chi connectivity index (χ2v) is 17.4. The number of carbonyl (C=O) groups excluding carboxylic acids is 3. The van der Waals surface area contributed by atoms with Gasteiger partial charge in [0.05, 0.1) is 59.4 Å². The standard InChI is InChI=1S/C44H49F2N11O6/c1-52-39-27(4-2-6-34(39)57(44(52)61)35-11-12-37(58)50-43(35)60)5-3-19-62-30-13-16-53(17-14-30)22-26-7-9-28(10-8-26)56-24-33(38(51-56)40(45)46)48-42(59)32-21-47-55-18-15-36(49-41(32)55)54-23-31-20-29(54)25-63-31/h2,4,6,15,18,21,24,26,28-31,35,40H,7-14,16-17,19-20,22-23,25H2,1H3,(H,48,59)(H,50,58,60)/t26?,28?,29-,31-,35?/m0/s1. The van der Waals surface area contributed by atoms with Crippen LogP contribution in [0, 0.1) is 17.8 Å². The van der Waals surface area contributed by atoms with Crippen LogP contribution < -0.4 is 21.2 Å². The number of hydrogen-bond acceptors (Lipinski definition) is 11. The number of rotatable bonds is 10. The van der Waals surface area contributed by atoms with Crippen molar-refractivity contribution < 1.29 is 32.6 Å². The largest absolute Gasteiger partial charge is 0.374 e. The molecule has 17 nitrogen and oxygen atoms in total. The van der Waals surface area contributed by atoms with E-state index in [0.717, 1.165) is 76.9 Å². The zero-order chi connectivity index (χ0) is 43.4. The highest BCUT2D eigenvalue weighted by atomic mass is 19.3. The van der Waals surface area contributed by atoms with Crippen molar-refractivity contribution >= 4 is 45.9 Å². The van der Waals surface area contributed by atoms with Crippen molar-refractivity contribution in [2.75, 3.05) is 49.6 Å². The number of amides is 3. The molecule has 330 valence electrons. The van der Waals surface area contributed by atoms with E-state index in [1.807, 2.05) is 18.2 Å². The summed E-state index contributed by atoms with van der Waals surface area (Å²) in [6.45, 7) is 4.40. The fraction of sp³-hybridized carbons (Fsp3) is 0.523. The van der Waals surface area contributed by atoms with Gasteiger partial charge in [0.25, 0.3) is 12.3 Å². The summed E-state index contributed by atoms with van der Waals surface area (Å²) in [6, 6.07) is 6.73. The fourth-order valence-electron chi connectivity index (χ4n) is 10.2. The van der Waals surface area contributed by atoms with Gasteiger partial charge in [-0.2, -0.15) is 10.2 Å². The average Bonchev–Trinajstić information content (AvgIpc) is 4.13. The molecule has 63 heavy (non-hydrogen) atoms. The second kappa shape index (κ2) is 17.0. The van der Waals surface area contributed by atoms with Gasteiger partial charge in [-0.1, -0.05) is 17.9 Å². The lowest BCUT2D eigenvalue weighted by Gasteiger charge is -2.36. The van der Waals surface area contributed by atoms with Crippen LogP contribution in [0.25, 0.3) is 16.7 Å². The Morgan fingerprint density at radius 1 is 1.06 bits per heavy atom. The first-order valence-corrected chi connectivity index (χ1v) is 21.9. The van der Waals surface area contributed by atoms with E-state index in [1.54, 1.807) is 24.0 Å². The first-order valence-electron chi connectivity index (χ1n) is 21.9. The van der Waals surface area contributed by atoms with Crippen molar-refractivity contribution in [3.63, 3.8) is 0 Å². The minimum Gasteiger partial charge on any atom is -0.374 e. The van der Waals surface area contributed by atoms with E-state index in [4.69, 9.17) is 14.5 Å². The summed E-state index contributed by atoms with van der Waals surface area (Å²) in [4.78, 5) is 60.5. The molecule has 1 aliphatic carbocycles. The van der Waals surface area contributed by atoms with E-state index in [-0.39, 0.29) is 66.6 Å². The molecule has 3 atom stereocenters. The molecule has 5 aliphatic rings. The monoisotopic (exact) mass is 865 g/mol. The third-order valence-electron chi connectivity index (χ3n) is 13.5. The summed E-state index contributed by atoms with van der Waals surface area (Å²) in [5.74, 6) is 6.11. The predicted molar refractivity (Wildman–Crippen MR) is 226 cm³/mol. The third-order valence-corrected chi connectivity index (χ3v) is 13.5. The highest BCUT2D eigenvalue weighted by Gasteiger charge is 2.40. The number of piperidine rings is 2. The molecular formula is C44H49F2N11O6. The average molecular weight is 866 g/mol. The number of morpholine rings is 1. The van der Waals surface area contributed by atoms with Crippen LogP contribution in [0.1, 0.15) is 97.9 Å². The minimum atomic E-state index is -2.86. The molecule has 2 bridgehead atoms. The number of imide groups is 1. The van der Waals surface area contributed by atoms with E-state index in [9.17, 15) is 28.0 Å². The smallest absolute Gasteiger partial charge is 0.329 e. The van der Waals surface area contributed by atoms with E-state index >= 15 is 0 Å². The lowest BCUT2D eigenvalue weighted by Crippen LogP contribution is -2.44. The summed E-state index contributed by atoms with van der Waals surface area (Å²) >= 11 is 0. The molecule has 19 heteroatoms. The zero-order valence-electron chi connectivity index (χ0n) is 34.9. The SMILES string of the molecule is Cn1c(=O)n(C2CCC(=O)NC2=O)c2cccc(C#CCOC3CCN(CC4CCC(n5cc(NC(=O)c6cnn7ccc(N8C[C@@H]9C[C@H]8CO9)nc67)c(C(F)F)n5)CC4)CC3)c21. The molecule has 5 fully saturated rings. The number of imidazole rings is 1. The first kappa shape index (κ1) is 41.1. The number of alkyl halides is 2. The maximum absolute atomic E-state index is 14.3. The van der Waals surface area contributed by atoms with Gasteiger partial charge in [0, 0.05) is 52.0 Å². The Morgan fingerprint density at radius 3 is 2.63 bits per heavy atom. The van der Waals surface area contributed by atoms with Gasteiger partial charge >= 0.3 is 5.69 Å². The van der Waals surface area contributed by atoms with Crippen LogP contribution in [-0.4, -0.2) is 114 Å². The number of halogens is 2. The summed E-state index contributed by atoms with van der Waals surface area (Å²) in [5, 5.41) is 13.6. The van der Waals surface area contributed by atoms with E-state index in [1.165, 1.54) is 26.0 Å².